The summed E-state index contributed by atoms with van der Waals surface area (Å²) in [6.07, 6.45) is 4.81. The van der Waals surface area contributed by atoms with Crippen LogP contribution in [0, 0.1) is 0 Å². The minimum atomic E-state index is -1.48. The summed E-state index contributed by atoms with van der Waals surface area (Å²) in [5.74, 6) is -0.823. The highest BCUT2D eigenvalue weighted by atomic mass is 35.5. The molecular weight excluding hydrogens is 525 g/mol. The van der Waals surface area contributed by atoms with Crippen LogP contribution in [-0.4, -0.2) is 37.0 Å². The van der Waals surface area contributed by atoms with Gasteiger partial charge in [0.2, 0.25) is 5.91 Å². The molecular formula is C27H21Cl2N7O2. The topological polar surface area (TPSA) is 115 Å². The van der Waals surface area contributed by atoms with Gasteiger partial charge >= 0.3 is 0 Å². The molecule has 2 N–H and O–H groups in total. The average Bonchev–Trinajstić information content (AvgIpc) is 3.46. The van der Waals surface area contributed by atoms with Gasteiger partial charge in [0.05, 0.1) is 34.0 Å². The van der Waals surface area contributed by atoms with Crippen LogP contribution in [0.15, 0.2) is 85.5 Å². The number of benzene rings is 3. The first-order valence-electron chi connectivity index (χ1n) is 11.6. The van der Waals surface area contributed by atoms with E-state index in [0.29, 0.717) is 16.3 Å². The molecule has 190 valence electrons. The van der Waals surface area contributed by atoms with Crippen molar-refractivity contribution in [2.24, 2.45) is 0 Å². The number of tetrazole rings is 1. The number of pyridine rings is 1. The lowest BCUT2D eigenvalue weighted by Gasteiger charge is -2.30. The summed E-state index contributed by atoms with van der Waals surface area (Å²) in [6, 6.07) is 19.6. The van der Waals surface area contributed by atoms with Gasteiger partial charge in [0.1, 0.15) is 11.9 Å². The van der Waals surface area contributed by atoms with Crippen LogP contribution in [0.2, 0.25) is 10.0 Å². The first-order valence-corrected chi connectivity index (χ1v) is 12.3. The fraction of sp³-hybridized carbons (Fsp3) is 0.111. The number of rotatable bonds is 7. The first kappa shape index (κ1) is 25.3. The summed E-state index contributed by atoms with van der Waals surface area (Å²) in [5.41, 5.74) is 1.01. The largest absolute Gasteiger partial charge is 0.338 e. The van der Waals surface area contributed by atoms with Crippen LogP contribution >= 0.6 is 23.2 Å². The zero-order valence-electron chi connectivity index (χ0n) is 20.1. The van der Waals surface area contributed by atoms with Gasteiger partial charge in [0.15, 0.2) is 0 Å². The summed E-state index contributed by atoms with van der Waals surface area (Å²) in [4.78, 5) is 31.3. The van der Waals surface area contributed by atoms with Gasteiger partial charge in [-0.15, -0.1) is 5.10 Å². The molecule has 5 rings (SSSR count). The van der Waals surface area contributed by atoms with Crippen molar-refractivity contribution in [1.29, 1.82) is 0 Å². The second kappa shape index (κ2) is 10.6. The van der Waals surface area contributed by atoms with Crippen LogP contribution < -0.4 is 10.6 Å². The normalized spacial score (nSPS) is 12.6. The van der Waals surface area contributed by atoms with Gasteiger partial charge in [-0.1, -0.05) is 65.7 Å². The van der Waals surface area contributed by atoms with E-state index in [9.17, 15) is 9.59 Å². The second-order valence-corrected chi connectivity index (χ2v) is 9.58. The number of fused-ring (bicyclic) bond motifs is 1. The molecule has 3 aromatic carbocycles. The Labute approximate surface area is 227 Å². The van der Waals surface area contributed by atoms with Crippen molar-refractivity contribution >= 4 is 51.5 Å². The maximum absolute atomic E-state index is 13.8. The Morgan fingerprint density at radius 2 is 1.76 bits per heavy atom. The van der Waals surface area contributed by atoms with Crippen molar-refractivity contribution in [3.8, 4) is 5.69 Å². The van der Waals surface area contributed by atoms with Crippen molar-refractivity contribution in [3.63, 3.8) is 0 Å². The molecule has 2 aromatic heterocycles. The Balaban J connectivity index is 1.42. The van der Waals surface area contributed by atoms with Crippen LogP contribution in [0.4, 0.5) is 5.69 Å². The lowest BCUT2D eigenvalue weighted by Crippen LogP contribution is -2.52. The number of carbonyl (C=O) groups excluding carboxylic acids is 2. The summed E-state index contributed by atoms with van der Waals surface area (Å²) >= 11 is 12.4. The highest BCUT2D eigenvalue weighted by Crippen LogP contribution is 2.31. The van der Waals surface area contributed by atoms with E-state index in [1.54, 1.807) is 61.8 Å². The third-order valence-corrected chi connectivity index (χ3v) is 6.91. The molecule has 0 aliphatic heterocycles. The predicted molar refractivity (Wildman–Crippen MR) is 145 cm³/mol. The Hall–Kier alpha value is -4.34. The molecule has 11 heteroatoms. The molecule has 0 spiro atoms. The maximum Gasteiger partial charge on any atom is 0.254 e. The highest BCUT2D eigenvalue weighted by Gasteiger charge is 2.37. The predicted octanol–water partition coefficient (Wildman–Crippen LogP) is 4.73. The van der Waals surface area contributed by atoms with Crippen LogP contribution in [0.5, 0.6) is 0 Å². The molecule has 5 aromatic rings. The van der Waals surface area contributed by atoms with Crippen molar-refractivity contribution in [2.45, 2.75) is 18.9 Å². The number of nitrogens with one attached hydrogen (secondary N) is 2. The summed E-state index contributed by atoms with van der Waals surface area (Å²) in [6.45, 7) is 1.62. The molecule has 1 unspecified atom stereocenters. The van der Waals surface area contributed by atoms with Crippen molar-refractivity contribution in [1.82, 2.24) is 30.5 Å². The van der Waals surface area contributed by atoms with Crippen LogP contribution in [0.1, 0.15) is 18.1 Å². The minimum Gasteiger partial charge on any atom is -0.338 e. The fourth-order valence-corrected chi connectivity index (χ4v) is 4.38. The van der Waals surface area contributed by atoms with E-state index >= 15 is 0 Å². The number of anilines is 1. The van der Waals surface area contributed by atoms with E-state index in [1.807, 2.05) is 24.3 Å². The molecule has 1 atom stereocenters. The second-order valence-electron chi connectivity index (χ2n) is 8.76. The lowest BCUT2D eigenvalue weighted by molar-refractivity contribution is -0.129. The van der Waals surface area contributed by atoms with E-state index in [1.165, 1.54) is 11.0 Å². The standard InChI is InChI=1S/C27H21Cl2N7O2/c1-27(19-8-11-22(28)23(29)13-19,26(38)32-24-15-30-14-18-4-2-3-5-21(18)24)33-25(37)12-17-6-9-20(10-7-17)36-16-31-34-35-36/h2-11,13-16H,12H2,1H3,(H,32,38)(H,33,37). The number of aromatic nitrogens is 5. The van der Waals surface area contributed by atoms with E-state index in [4.69, 9.17) is 23.2 Å². The monoisotopic (exact) mass is 545 g/mol. The molecule has 0 bridgehead atoms. The van der Waals surface area contributed by atoms with Crippen LogP contribution in [0.25, 0.3) is 16.5 Å². The molecule has 0 aliphatic carbocycles. The third kappa shape index (κ3) is 5.20. The Morgan fingerprint density at radius 3 is 2.50 bits per heavy atom. The van der Waals surface area contributed by atoms with Crippen LogP contribution in [-0.2, 0) is 21.5 Å². The number of hydrogen-bond donors (Lipinski definition) is 2. The van der Waals surface area contributed by atoms with Gasteiger partial charge in [0.25, 0.3) is 5.91 Å². The SMILES string of the molecule is CC(NC(=O)Cc1ccc(-n2cnnn2)cc1)(C(=O)Nc1cncc2ccccc12)c1ccc(Cl)c(Cl)c1. The van der Waals surface area contributed by atoms with Crippen LogP contribution in [0.3, 0.4) is 0 Å². The van der Waals surface area contributed by atoms with Crippen molar-refractivity contribution in [3.05, 3.63) is 107 Å². The number of nitrogens with zero attached hydrogens (tertiary/aromatic N) is 5. The third-order valence-electron chi connectivity index (χ3n) is 6.17. The summed E-state index contributed by atoms with van der Waals surface area (Å²) in [7, 11) is 0. The lowest BCUT2D eigenvalue weighted by atomic mass is 9.90. The number of carbonyl (C=O) groups is 2. The van der Waals surface area contributed by atoms with Gasteiger partial charge in [-0.3, -0.25) is 14.6 Å². The molecule has 2 heterocycles. The summed E-state index contributed by atoms with van der Waals surface area (Å²) < 4.78 is 1.51. The molecule has 0 fully saturated rings. The molecule has 9 nitrogen and oxygen atoms in total. The van der Waals surface area contributed by atoms with Gasteiger partial charge in [0, 0.05) is 17.0 Å². The van der Waals surface area contributed by atoms with Crippen molar-refractivity contribution in [2.75, 3.05) is 5.32 Å². The molecule has 38 heavy (non-hydrogen) atoms. The van der Waals surface area contributed by atoms with E-state index in [0.717, 1.165) is 22.0 Å². The highest BCUT2D eigenvalue weighted by molar-refractivity contribution is 6.42. The quantitative estimate of drug-likeness (QED) is 0.305. The fourth-order valence-electron chi connectivity index (χ4n) is 4.09. The van der Waals surface area contributed by atoms with Gasteiger partial charge in [-0.05, 0) is 52.7 Å². The van der Waals surface area contributed by atoms with Crippen molar-refractivity contribution < 1.29 is 9.59 Å². The number of amides is 2. The molecule has 0 radical (unpaired) electrons. The van der Waals surface area contributed by atoms with Gasteiger partial charge in [-0.2, -0.15) is 0 Å². The Kier molecular flexibility index (Phi) is 7.04. The average molecular weight is 546 g/mol. The van der Waals surface area contributed by atoms with E-state index < -0.39 is 11.4 Å². The maximum atomic E-state index is 13.8. The van der Waals surface area contributed by atoms with E-state index in [2.05, 4.69) is 31.1 Å². The Morgan fingerprint density at radius 1 is 0.974 bits per heavy atom. The first-order chi connectivity index (χ1) is 18.3. The zero-order chi connectivity index (χ0) is 26.7. The minimum absolute atomic E-state index is 0.0376. The number of halogens is 2. The Bertz CT molecular complexity index is 1620. The summed E-state index contributed by atoms with van der Waals surface area (Å²) in [5, 5.41) is 19.2. The van der Waals surface area contributed by atoms with E-state index in [-0.39, 0.29) is 17.4 Å². The molecule has 0 saturated carbocycles. The van der Waals surface area contributed by atoms with Gasteiger partial charge < -0.3 is 10.6 Å². The van der Waals surface area contributed by atoms with Gasteiger partial charge in [-0.25, -0.2) is 4.68 Å². The molecule has 0 saturated heterocycles. The smallest absolute Gasteiger partial charge is 0.254 e. The zero-order valence-corrected chi connectivity index (χ0v) is 21.6. The number of hydrogen-bond acceptors (Lipinski definition) is 6. The molecule has 0 aliphatic rings. The molecule has 2 amide bonds.